The number of hydrogen-bond donors (Lipinski definition) is 0. The van der Waals surface area contributed by atoms with Crippen LogP contribution in [-0.4, -0.2) is 24.8 Å². The number of fused-ring (bicyclic) bond motifs is 4. The number of esters is 1. The molecule has 3 nitrogen and oxygen atoms in total. The van der Waals surface area contributed by atoms with Gasteiger partial charge in [-0.1, -0.05) is 13.8 Å². The van der Waals surface area contributed by atoms with Crippen molar-refractivity contribution >= 4 is 5.97 Å². The monoisotopic (exact) mass is 292 g/mol. The van der Waals surface area contributed by atoms with Gasteiger partial charge in [0.05, 0.1) is 24.7 Å². The van der Waals surface area contributed by atoms with E-state index >= 15 is 0 Å². The Hall–Kier alpha value is -0.570. The van der Waals surface area contributed by atoms with Gasteiger partial charge in [-0.25, -0.2) is 0 Å². The maximum absolute atomic E-state index is 12.2. The second-order valence-corrected chi connectivity index (χ2v) is 8.05. The van der Waals surface area contributed by atoms with Gasteiger partial charge in [0.1, 0.15) is 0 Å². The molecule has 0 spiro atoms. The maximum atomic E-state index is 12.2. The molecule has 2 saturated heterocycles. The zero-order chi connectivity index (χ0) is 14.6. The van der Waals surface area contributed by atoms with Crippen molar-refractivity contribution in [1.29, 1.82) is 0 Å². The Morgan fingerprint density at radius 2 is 2.00 bits per heavy atom. The minimum absolute atomic E-state index is 0.00627. The lowest BCUT2D eigenvalue weighted by molar-refractivity contribution is -0.150. The van der Waals surface area contributed by atoms with Crippen molar-refractivity contribution in [1.82, 2.24) is 0 Å². The van der Waals surface area contributed by atoms with Crippen molar-refractivity contribution in [2.24, 2.45) is 35.5 Å². The van der Waals surface area contributed by atoms with Gasteiger partial charge in [-0.15, -0.1) is 0 Å². The average molecular weight is 292 g/mol. The Morgan fingerprint density at radius 1 is 1.14 bits per heavy atom. The van der Waals surface area contributed by atoms with E-state index < -0.39 is 0 Å². The molecule has 4 bridgehead atoms. The predicted octanol–water partition coefficient (Wildman–Crippen LogP) is 3.42. The summed E-state index contributed by atoms with van der Waals surface area (Å²) >= 11 is 0. The van der Waals surface area contributed by atoms with E-state index in [0.717, 1.165) is 55.3 Å². The Kier molecular flexibility index (Phi) is 3.52. The quantitative estimate of drug-likeness (QED) is 0.745. The van der Waals surface area contributed by atoms with Crippen LogP contribution in [0.3, 0.4) is 0 Å². The lowest BCUT2D eigenvalue weighted by atomic mass is 9.75. The molecule has 3 heteroatoms. The van der Waals surface area contributed by atoms with Gasteiger partial charge in [0.15, 0.2) is 0 Å². The van der Waals surface area contributed by atoms with Gasteiger partial charge in [-0.2, -0.15) is 0 Å². The van der Waals surface area contributed by atoms with Crippen LogP contribution in [0.25, 0.3) is 0 Å². The third kappa shape index (κ3) is 2.32. The summed E-state index contributed by atoms with van der Waals surface area (Å²) in [5, 5.41) is 0. The second-order valence-electron chi connectivity index (χ2n) is 8.05. The van der Waals surface area contributed by atoms with Crippen molar-refractivity contribution in [2.45, 2.75) is 64.6 Å². The summed E-state index contributed by atoms with van der Waals surface area (Å²) < 4.78 is 11.3. The molecule has 2 aliphatic heterocycles. The number of carbonyl (C=O) groups is 1. The summed E-state index contributed by atoms with van der Waals surface area (Å²) in [6.45, 7) is 5.46. The molecule has 8 atom stereocenters. The number of ether oxygens (including phenoxy) is 2. The van der Waals surface area contributed by atoms with Gasteiger partial charge in [-0.05, 0) is 68.1 Å². The van der Waals surface area contributed by atoms with E-state index in [0.29, 0.717) is 12.7 Å². The van der Waals surface area contributed by atoms with Crippen molar-refractivity contribution in [3.8, 4) is 0 Å². The van der Waals surface area contributed by atoms with Crippen LogP contribution in [0.2, 0.25) is 0 Å². The molecule has 0 aromatic heterocycles. The highest BCUT2D eigenvalue weighted by atomic mass is 16.5. The van der Waals surface area contributed by atoms with E-state index in [1.54, 1.807) is 0 Å². The lowest BCUT2D eigenvalue weighted by Gasteiger charge is -2.31. The van der Waals surface area contributed by atoms with Gasteiger partial charge < -0.3 is 9.47 Å². The fourth-order valence-electron chi connectivity index (χ4n) is 5.73. The first-order chi connectivity index (χ1) is 10.1. The summed E-state index contributed by atoms with van der Waals surface area (Å²) in [6.07, 6.45) is 7.43. The van der Waals surface area contributed by atoms with Gasteiger partial charge in [0.2, 0.25) is 0 Å². The standard InChI is InChI=1S/C18H28O3/c1-10-11(2)15-8-13(10)7-12(15)5-6-20-18(19)16-9-14-3-4-17(16)21-14/h10-17H,3-9H2,1-2H3. The topological polar surface area (TPSA) is 35.5 Å². The highest BCUT2D eigenvalue weighted by molar-refractivity contribution is 5.73. The molecule has 2 heterocycles. The highest BCUT2D eigenvalue weighted by Crippen LogP contribution is 2.55. The fourth-order valence-corrected chi connectivity index (χ4v) is 5.73. The first-order valence-electron chi connectivity index (χ1n) is 8.95. The first kappa shape index (κ1) is 14.0. The van der Waals surface area contributed by atoms with Crippen LogP contribution in [0, 0.1) is 35.5 Å². The van der Waals surface area contributed by atoms with Gasteiger partial charge in [0, 0.05) is 0 Å². The summed E-state index contributed by atoms with van der Waals surface area (Å²) in [6, 6.07) is 0. The van der Waals surface area contributed by atoms with Crippen molar-refractivity contribution in [3.05, 3.63) is 0 Å². The molecular weight excluding hydrogens is 264 g/mol. The largest absolute Gasteiger partial charge is 0.465 e. The van der Waals surface area contributed by atoms with Crippen LogP contribution in [0.5, 0.6) is 0 Å². The fraction of sp³-hybridized carbons (Fsp3) is 0.944. The second kappa shape index (κ2) is 5.26. The molecule has 21 heavy (non-hydrogen) atoms. The SMILES string of the molecule is CC1C2CC(CCOC(=O)C3CC4CCC3O4)C(C2)C1C. The summed E-state index contributed by atoms with van der Waals surface area (Å²) in [5.41, 5.74) is 0. The van der Waals surface area contributed by atoms with Crippen LogP contribution in [0.4, 0.5) is 0 Å². The molecule has 2 aliphatic carbocycles. The highest BCUT2D eigenvalue weighted by Gasteiger charge is 2.48. The van der Waals surface area contributed by atoms with E-state index in [2.05, 4.69) is 13.8 Å². The minimum atomic E-state index is 0.00627. The van der Waals surface area contributed by atoms with E-state index in [9.17, 15) is 4.79 Å². The molecule has 0 N–H and O–H groups in total. The third-order valence-electron chi connectivity index (χ3n) is 7.18. The Labute approximate surface area is 127 Å². The molecule has 8 unspecified atom stereocenters. The number of rotatable bonds is 4. The van der Waals surface area contributed by atoms with Crippen LogP contribution >= 0.6 is 0 Å². The molecule has 0 amide bonds. The number of carbonyl (C=O) groups excluding carboxylic acids is 1. The maximum Gasteiger partial charge on any atom is 0.311 e. The molecule has 4 aliphatic rings. The van der Waals surface area contributed by atoms with Crippen molar-refractivity contribution < 1.29 is 14.3 Å². The molecule has 4 rings (SSSR count). The normalized spacial score (nSPS) is 50.8. The molecule has 118 valence electrons. The van der Waals surface area contributed by atoms with E-state index in [1.807, 2.05) is 0 Å². The minimum Gasteiger partial charge on any atom is -0.465 e. The smallest absolute Gasteiger partial charge is 0.311 e. The molecular formula is C18H28O3. The van der Waals surface area contributed by atoms with Gasteiger partial charge >= 0.3 is 5.97 Å². The Balaban J connectivity index is 1.23. The Morgan fingerprint density at radius 3 is 2.62 bits per heavy atom. The summed E-state index contributed by atoms with van der Waals surface area (Å²) in [7, 11) is 0. The molecule has 2 saturated carbocycles. The molecule has 0 aromatic rings. The van der Waals surface area contributed by atoms with Crippen LogP contribution < -0.4 is 0 Å². The average Bonchev–Trinajstić information content (AvgIpc) is 3.22. The van der Waals surface area contributed by atoms with Crippen molar-refractivity contribution in [2.75, 3.05) is 6.61 Å². The van der Waals surface area contributed by atoms with Crippen molar-refractivity contribution in [3.63, 3.8) is 0 Å². The van der Waals surface area contributed by atoms with Gasteiger partial charge in [0.25, 0.3) is 0 Å². The lowest BCUT2D eigenvalue weighted by Crippen LogP contribution is -2.29. The zero-order valence-electron chi connectivity index (χ0n) is 13.3. The van der Waals surface area contributed by atoms with Gasteiger partial charge in [-0.3, -0.25) is 4.79 Å². The molecule has 0 aromatic carbocycles. The Bertz CT molecular complexity index is 419. The predicted molar refractivity (Wildman–Crippen MR) is 79.6 cm³/mol. The third-order valence-corrected chi connectivity index (χ3v) is 7.18. The molecule has 0 radical (unpaired) electrons. The van der Waals surface area contributed by atoms with Crippen LogP contribution in [0.1, 0.15) is 52.4 Å². The van der Waals surface area contributed by atoms with E-state index in [4.69, 9.17) is 9.47 Å². The number of hydrogen-bond acceptors (Lipinski definition) is 3. The van der Waals surface area contributed by atoms with Crippen LogP contribution in [-0.2, 0) is 14.3 Å². The van der Waals surface area contributed by atoms with E-state index in [1.165, 1.54) is 12.8 Å². The zero-order valence-corrected chi connectivity index (χ0v) is 13.3. The van der Waals surface area contributed by atoms with E-state index in [-0.39, 0.29) is 18.0 Å². The summed E-state index contributed by atoms with van der Waals surface area (Å²) in [5.74, 6) is 4.42. The first-order valence-corrected chi connectivity index (χ1v) is 8.95. The molecule has 4 fully saturated rings. The summed E-state index contributed by atoms with van der Waals surface area (Å²) in [4.78, 5) is 12.2. The van der Waals surface area contributed by atoms with Crippen LogP contribution in [0.15, 0.2) is 0 Å².